The highest BCUT2D eigenvalue weighted by atomic mass is 35.5. The first kappa shape index (κ1) is 14.9. The fourth-order valence-corrected chi connectivity index (χ4v) is 2.77. The molecule has 0 radical (unpaired) electrons. The predicted molar refractivity (Wildman–Crippen MR) is 85.9 cm³/mol. The van der Waals surface area contributed by atoms with Crippen molar-refractivity contribution in [1.29, 1.82) is 0 Å². The quantitative estimate of drug-likeness (QED) is 0.866. The van der Waals surface area contributed by atoms with E-state index in [0.29, 0.717) is 5.15 Å². The first-order valence-electron chi connectivity index (χ1n) is 7.28. The van der Waals surface area contributed by atoms with E-state index in [1.165, 1.54) is 6.20 Å². The largest absolute Gasteiger partial charge is 0.493 e. The van der Waals surface area contributed by atoms with Crippen molar-refractivity contribution in [2.75, 3.05) is 25.1 Å². The van der Waals surface area contributed by atoms with E-state index in [1.54, 1.807) is 13.3 Å². The van der Waals surface area contributed by atoms with Crippen LogP contribution in [0.4, 0.5) is 5.82 Å². The summed E-state index contributed by atoms with van der Waals surface area (Å²) in [6.07, 6.45) is 5.40. The van der Waals surface area contributed by atoms with Crippen LogP contribution in [0.5, 0.6) is 11.5 Å². The lowest BCUT2D eigenvalue weighted by Gasteiger charge is -2.33. The van der Waals surface area contributed by atoms with E-state index in [4.69, 9.17) is 21.1 Å². The number of piperidine rings is 1. The third kappa shape index (κ3) is 3.42. The zero-order valence-corrected chi connectivity index (χ0v) is 13.2. The lowest BCUT2D eigenvalue weighted by atomic mass is 10.1. The van der Waals surface area contributed by atoms with Gasteiger partial charge in [-0.15, -0.1) is 0 Å². The molecule has 1 aliphatic rings. The molecule has 0 unspecified atom stereocenters. The number of hydrogen-bond donors (Lipinski definition) is 0. The summed E-state index contributed by atoms with van der Waals surface area (Å²) in [6, 6.07) is 7.71. The Morgan fingerprint density at radius 1 is 1.23 bits per heavy atom. The Bertz CT molecular complexity index is 638. The minimum atomic E-state index is 0.0887. The topological polar surface area (TPSA) is 47.5 Å². The van der Waals surface area contributed by atoms with Crippen molar-refractivity contribution < 1.29 is 9.47 Å². The molecule has 1 aromatic carbocycles. The van der Waals surface area contributed by atoms with E-state index >= 15 is 0 Å². The number of para-hydroxylation sites is 2. The number of benzene rings is 1. The number of anilines is 1. The zero-order valence-electron chi connectivity index (χ0n) is 12.4. The predicted octanol–water partition coefficient (Wildman–Crippen LogP) is 3.19. The molecule has 0 aliphatic carbocycles. The molecule has 0 spiro atoms. The number of methoxy groups -OCH3 is 1. The van der Waals surface area contributed by atoms with Gasteiger partial charge in [-0.05, 0) is 25.0 Å². The maximum absolute atomic E-state index is 6.11. The van der Waals surface area contributed by atoms with Gasteiger partial charge in [0, 0.05) is 6.54 Å². The van der Waals surface area contributed by atoms with Gasteiger partial charge in [0.15, 0.2) is 11.5 Å². The van der Waals surface area contributed by atoms with E-state index < -0.39 is 0 Å². The van der Waals surface area contributed by atoms with Gasteiger partial charge in [-0.1, -0.05) is 23.7 Å². The van der Waals surface area contributed by atoms with E-state index in [9.17, 15) is 0 Å². The zero-order chi connectivity index (χ0) is 15.4. The first-order chi connectivity index (χ1) is 10.8. The number of halogens is 1. The number of hydrogen-bond acceptors (Lipinski definition) is 5. The van der Waals surface area contributed by atoms with Crippen LogP contribution in [-0.2, 0) is 0 Å². The second kappa shape index (κ2) is 6.83. The van der Waals surface area contributed by atoms with E-state index in [1.807, 2.05) is 24.3 Å². The molecule has 2 heterocycles. The van der Waals surface area contributed by atoms with E-state index in [2.05, 4.69) is 14.9 Å². The molecule has 6 heteroatoms. The van der Waals surface area contributed by atoms with Gasteiger partial charge >= 0.3 is 0 Å². The van der Waals surface area contributed by atoms with Gasteiger partial charge in [0.2, 0.25) is 0 Å². The Hall–Kier alpha value is -2.01. The molecule has 1 aromatic heterocycles. The van der Waals surface area contributed by atoms with Gasteiger partial charge in [-0.2, -0.15) is 0 Å². The normalized spacial score (nSPS) is 18.1. The summed E-state index contributed by atoms with van der Waals surface area (Å²) < 4.78 is 11.4. The van der Waals surface area contributed by atoms with Crippen LogP contribution in [0.3, 0.4) is 0 Å². The molecule has 0 N–H and O–H groups in total. The monoisotopic (exact) mass is 319 g/mol. The standard InChI is InChI=1S/C16H18ClN3O2/c1-21-13-6-2-3-7-14(13)22-12-5-4-8-20(11-12)16-10-18-9-15(17)19-16/h2-3,6-7,9-10,12H,4-5,8,11H2,1H3/t12-/m1/s1. The second-order valence-electron chi connectivity index (χ2n) is 5.18. The summed E-state index contributed by atoms with van der Waals surface area (Å²) in [6.45, 7) is 1.69. The van der Waals surface area contributed by atoms with Gasteiger partial charge in [0.05, 0.1) is 26.0 Å². The van der Waals surface area contributed by atoms with Crippen LogP contribution >= 0.6 is 11.6 Å². The first-order valence-corrected chi connectivity index (χ1v) is 7.66. The Kier molecular flexibility index (Phi) is 4.63. The van der Waals surface area contributed by atoms with Crippen LogP contribution in [0.15, 0.2) is 36.7 Å². The minimum absolute atomic E-state index is 0.0887. The van der Waals surface area contributed by atoms with Crippen LogP contribution < -0.4 is 14.4 Å². The summed E-state index contributed by atoms with van der Waals surface area (Å²) in [5.41, 5.74) is 0. The lowest BCUT2D eigenvalue weighted by molar-refractivity contribution is 0.172. The SMILES string of the molecule is COc1ccccc1O[C@@H]1CCCN(c2cncc(Cl)n2)C1. The molecular weight excluding hydrogens is 302 g/mol. The van der Waals surface area contributed by atoms with Crippen LogP contribution in [0.1, 0.15) is 12.8 Å². The average molecular weight is 320 g/mol. The van der Waals surface area contributed by atoms with Crippen molar-refractivity contribution >= 4 is 17.4 Å². The second-order valence-corrected chi connectivity index (χ2v) is 5.57. The highest BCUT2D eigenvalue weighted by molar-refractivity contribution is 6.29. The van der Waals surface area contributed by atoms with Crippen molar-refractivity contribution in [3.63, 3.8) is 0 Å². The van der Waals surface area contributed by atoms with Gasteiger partial charge in [0.1, 0.15) is 17.1 Å². The van der Waals surface area contributed by atoms with Crippen LogP contribution in [-0.4, -0.2) is 36.3 Å². The maximum Gasteiger partial charge on any atom is 0.161 e. The lowest BCUT2D eigenvalue weighted by Crippen LogP contribution is -2.41. The molecule has 1 fully saturated rings. The van der Waals surface area contributed by atoms with Crippen molar-refractivity contribution in [1.82, 2.24) is 9.97 Å². The molecule has 5 nitrogen and oxygen atoms in total. The summed E-state index contributed by atoms with van der Waals surface area (Å²) in [5, 5.41) is 0.408. The van der Waals surface area contributed by atoms with Crippen molar-refractivity contribution in [3.8, 4) is 11.5 Å². The average Bonchev–Trinajstić information content (AvgIpc) is 2.56. The maximum atomic E-state index is 6.11. The Labute approximate surface area is 134 Å². The number of aromatic nitrogens is 2. The molecule has 0 saturated carbocycles. The molecule has 22 heavy (non-hydrogen) atoms. The molecule has 1 atom stereocenters. The third-order valence-electron chi connectivity index (χ3n) is 3.66. The van der Waals surface area contributed by atoms with Crippen molar-refractivity contribution in [2.24, 2.45) is 0 Å². The molecule has 3 rings (SSSR count). The fourth-order valence-electron chi connectivity index (χ4n) is 2.62. The Morgan fingerprint density at radius 2 is 2.05 bits per heavy atom. The van der Waals surface area contributed by atoms with Crippen LogP contribution in [0.2, 0.25) is 5.15 Å². The molecule has 2 aromatic rings. The van der Waals surface area contributed by atoms with Gasteiger partial charge in [-0.3, -0.25) is 4.98 Å². The Morgan fingerprint density at radius 3 is 2.82 bits per heavy atom. The van der Waals surface area contributed by atoms with Crippen molar-refractivity contribution in [2.45, 2.75) is 18.9 Å². The Balaban J connectivity index is 1.70. The number of nitrogens with zero attached hydrogens (tertiary/aromatic N) is 3. The molecule has 0 bridgehead atoms. The molecular formula is C16H18ClN3O2. The van der Waals surface area contributed by atoms with E-state index in [0.717, 1.165) is 43.2 Å². The van der Waals surface area contributed by atoms with Gasteiger partial charge < -0.3 is 14.4 Å². The smallest absolute Gasteiger partial charge is 0.161 e. The highest BCUT2D eigenvalue weighted by Crippen LogP contribution is 2.29. The van der Waals surface area contributed by atoms with Crippen LogP contribution in [0, 0.1) is 0 Å². The van der Waals surface area contributed by atoms with Gasteiger partial charge in [-0.25, -0.2) is 4.98 Å². The minimum Gasteiger partial charge on any atom is -0.493 e. The number of ether oxygens (including phenoxy) is 2. The van der Waals surface area contributed by atoms with Crippen molar-refractivity contribution in [3.05, 3.63) is 41.8 Å². The summed E-state index contributed by atoms with van der Waals surface area (Å²) >= 11 is 5.92. The van der Waals surface area contributed by atoms with E-state index in [-0.39, 0.29) is 6.10 Å². The highest BCUT2D eigenvalue weighted by Gasteiger charge is 2.23. The third-order valence-corrected chi connectivity index (χ3v) is 3.84. The number of rotatable bonds is 4. The molecule has 1 aliphatic heterocycles. The van der Waals surface area contributed by atoms with Crippen LogP contribution in [0.25, 0.3) is 0 Å². The summed E-state index contributed by atoms with van der Waals surface area (Å²) in [4.78, 5) is 10.6. The fraction of sp³-hybridized carbons (Fsp3) is 0.375. The molecule has 116 valence electrons. The summed E-state index contributed by atoms with van der Waals surface area (Å²) in [7, 11) is 1.65. The molecule has 0 amide bonds. The van der Waals surface area contributed by atoms with Gasteiger partial charge in [0.25, 0.3) is 0 Å². The molecule has 1 saturated heterocycles. The summed E-state index contributed by atoms with van der Waals surface area (Å²) in [5.74, 6) is 2.32.